The number of hydrogen-bond acceptors (Lipinski definition) is 5. The normalized spacial score (nSPS) is 15.0. The maximum Gasteiger partial charge on any atom is 0.226 e. The van der Waals surface area contributed by atoms with Crippen molar-refractivity contribution >= 4 is 36.5 Å². The fourth-order valence-electron chi connectivity index (χ4n) is 2.95. The molecule has 1 fully saturated rings. The van der Waals surface area contributed by atoms with E-state index in [9.17, 15) is 5.26 Å². The second kappa shape index (κ2) is 7.95. The van der Waals surface area contributed by atoms with Gasteiger partial charge in [0.15, 0.2) is 0 Å². The average molecular weight is 392 g/mol. The van der Waals surface area contributed by atoms with Gasteiger partial charge >= 0.3 is 0 Å². The summed E-state index contributed by atoms with van der Waals surface area (Å²) < 4.78 is 7.68. The van der Waals surface area contributed by atoms with E-state index in [-0.39, 0.29) is 5.28 Å². The van der Waals surface area contributed by atoms with E-state index in [1.807, 2.05) is 4.57 Å². The zero-order valence-electron chi connectivity index (χ0n) is 15.7. The lowest BCUT2D eigenvalue weighted by Gasteiger charge is -2.25. The molecule has 1 N–H and O–H groups in total. The van der Waals surface area contributed by atoms with Gasteiger partial charge in [-0.1, -0.05) is 26.1 Å². The van der Waals surface area contributed by atoms with E-state index in [4.69, 9.17) is 16.3 Å². The molecular weight excluding hydrogens is 366 g/mol. The Hall–Kier alpha value is -1.62. The van der Waals surface area contributed by atoms with E-state index in [0.717, 1.165) is 18.0 Å². The lowest BCUT2D eigenvalue weighted by atomic mass is 9.85. The molecule has 1 aliphatic carbocycles. The maximum absolute atomic E-state index is 9.54. The number of fused-ring (bicyclic) bond motifs is 1. The highest BCUT2D eigenvalue weighted by Gasteiger charge is 2.20. The number of aromatic nitrogens is 3. The molecule has 0 aliphatic heterocycles. The minimum atomic E-state index is -1.13. The molecule has 0 atom stereocenters. The third-order valence-corrected chi connectivity index (χ3v) is 6.69. The van der Waals surface area contributed by atoms with Crippen molar-refractivity contribution in [2.75, 3.05) is 18.5 Å². The monoisotopic (exact) mass is 391 g/mol. The molecule has 6 nitrogen and oxygen atoms in total. The number of halogens is 1. The molecule has 1 saturated carbocycles. The minimum Gasteiger partial charge on any atom is -0.369 e. The Morgan fingerprint density at radius 1 is 1.38 bits per heavy atom. The summed E-state index contributed by atoms with van der Waals surface area (Å²) in [6, 6.07) is 3.35. The van der Waals surface area contributed by atoms with Crippen LogP contribution in [0.1, 0.15) is 24.8 Å². The van der Waals surface area contributed by atoms with Crippen molar-refractivity contribution in [1.29, 1.82) is 5.26 Å². The summed E-state index contributed by atoms with van der Waals surface area (Å²) in [5.74, 6) is 1.32. The summed E-state index contributed by atoms with van der Waals surface area (Å²) in [6.07, 6.45) is 5.55. The van der Waals surface area contributed by atoms with Crippen molar-refractivity contribution in [1.82, 2.24) is 14.5 Å². The van der Waals surface area contributed by atoms with Crippen LogP contribution >= 0.6 is 11.6 Å². The van der Waals surface area contributed by atoms with Gasteiger partial charge in [-0.3, -0.25) is 0 Å². The van der Waals surface area contributed by atoms with Gasteiger partial charge in [0.1, 0.15) is 24.3 Å². The van der Waals surface area contributed by atoms with Crippen molar-refractivity contribution < 1.29 is 4.74 Å². The van der Waals surface area contributed by atoms with E-state index in [2.05, 4.69) is 41.0 Å². The van der Waals surface area contributed by atoms with Crippen LogP contribution in [0.5, 0.6) is 0 Å². The smallest absolute Gasteiger partial charge is 0.226 e. The molecule has 0 bridgehead atoms. The van der Waals surface area contributed by atoms with Crippen LogP contribution in [0.3, 0.4) is 0 Å². The van der Waals surface area contributed by atoms with Crippen molar-refractivity contribution in [3.8, 4) is 6.07 Å². The summed E-state index contributed by atoms with van der Waals surface area (Å²) >= 11 is 6.14. The fraction of sp³-hybridized carbons (Fsp3) is 0.611. The highest BCUT2D eigenvalue weighted by Crippen LogP contribution is 2.30. The van der Waals surface area contributed by atoms with Gasteiger partial charge in [-0.25, -0.2) is 4.98 Å². The second-order valence-electron chi connectivity index (χ2n) is 8.19. The molecule has 1 aliphatic rings. The highest BCUT2D eigenvalue weighted by molar-refractivity contribution is 6.76. The summed E-state index contributed by atoms with van der Waals surface area (Å²) in [7, 11) is -1.13. The summed E-state index contributed by atoms with van der Waals surface area (Å²) in [4.78, 5) is 8.67. The van der Waals surface area contributed by atoms with Gasteiger partial charge in [0.25, 0.3) is 0 Å². The summed E-state index contributed by atoms with van der Waals surface area (Å²) in [5.41, 5.74) is 1.19. The van der Waals surface area contributed by atoms with E-state index < -0.39 is 8.07 Å². The molecule has 0 saturated heterocycles. The van der Waals surface area contributed by atoms with Crippen molar-refractivity contribution in [3.05, 3.63) is 17.0 Å². The highest BCUT2D eigenvalue weighted by atomic mass is 35.5. The second-order valence-corrected chi connectivity index (χ2v) is 14.1. The largest absolute Gasteiger partial charge is 0.369 e. The topological polar surface area (TPSA) is 75.8 Å². The Bertz CT molecular complexity index is 820. The molecule has 2 aromatic heterocycles. The molecular formula is C18H26ClN5OSi. The SMILES string of the molecule is C[Si](C)(C)CCOCn1cc(C#N)c2c(NCC3CCC3)nc(Cl)nc21. The summed E-state index contributed by atoms with van der Waals surface area (Å²) in [6.45, 7) is 8.89. The zero-order chi connectivity index (χ0) is 18.7. The first-order valence-corrected chi connectivity index (χ1v) is 13.2. The van der Waals surface area contributed by atoms with Crippen LogP contribution < -0.4 is 5.32 Å². The first-order chi connectivity index (χ1) is 12.4. The van der Waals surface area contributed by atoms with Crippen LogP contribution in [-0.4, -0.2) is 35.8 Å². The van der Waals surface area contributed by atoms with Crippen LogP contribution in [0.2, 0.25) is 31.0 Å². The van der Waals surface area contributed by atoms with Crippen LogP contribution in [0.4, 0.5) is 5.82 Å². The zero-order valence-corrected chi connectivity index (χ0v) is 17.4. The maximum atomic E-state index is 9.54. The van der Waals surface area contributed by atoms with E-state index in [1.165, 1.54) is 19.3 Å². The Morgan fingerprint density at radius 2 is 2.15 bits per heavy atom. The first kappa shape index (κ1) is 19.1. The molecule has 140 valence electrons. The molecule has 0 radical (unpaired) electrons. The third-order valence-electron chi connectivity index (χ3n) is 4.82. The predicted octanol–water partition coefficient (Wildman–Crippen LogP) is 4.48. The summed E-state index contributed by atoms with van der Waals surface area (Å²) in [5, 5.41) is 13.8. The van der Waals surface area contributed by atoms with Gasteiger partial charge < -0.3 is 14.6 Å². The van der Waals surface area contributed by atoms with Crippen LogP contribution in [0.25, 0.3) is 11.0 Å². The number of nitrogens with zero attached hydrogens (tertiary/aromatic N) is 4. The number of nitriles is 1. The lowest BCUT2D eigenvalue weighted by molar-refractivity contribution is 0.0898. The number of hydrogen-bond donors (Lipinski definition) is 1. The molecule has 3 rings (SSSR count). The van der Waals surface area contributed by atoms with Crippen molar-refractivity contribution in [3.63, 3.8) is 0 Å². The molecule has 0 unspecified atom stereocenters. The van der Waals surface area contributed by atoms with Crippen LogP contribution in [-0.2, 0) is 11.5 Å². The predicted molar refractivity (Wildman–Crippen MR) is 107 cm³/mol. The molecule has 2 heterocycles. The molecule has 0 aromatic carbocycles. The Labute approximate surface area is 160 Å². The van der Waals surface area contributed by atoms with Crippen LogP contribution in [0, 0.1) is 17.2 Å². The van der Waals surface area contributed by atoms with E-state index >= 15 is 0 Å². The van der Waals surface area contributed by atoms with E-state index in [0.29, 0.717) is 36.3 Å². The molecule has 2 aromatic rings. The fourth-order valence-corrected chi connectivity index (χ4v) is 3.87. The van der Waals surface area contributed by atoms with E-state index in [1.54, 1.807) is 6.20 Å². The van der Waals surface area contributed by atoms with Gasteiger partial charge in [-0.15, -0.1) is 0 Å². The van der Waals surface area contributed by atoms with Gasteiger partial charge in [-0.05, 0) is 36.4 Å². The average Bonchev–Trinajstić information content (AvgIpc) is 2.87. The minimum absolute atomic E-state index is 0.180. The Morgan fingerprint density at radius 3 is 2.77 bits per heavy atom. The molecule has 8 heteroatoms. The van der Waals surface area contributed by atoms with Crippen molar-refractivity contribution in [2.45, 2.75) is 51.7 Å². The van der Waals surface area contributed by atoms with Gasteiger partial charge in [0.05, 0.1) is 10.9 Å². The van der Waals surface area contributed by atoms with Gasteiger partial charge in [0, 0.05) is 27.4 Å². The number of anilines is 1. The van der Waals surface area contributed by atoms with Gasteiger partial charge in [0.2, 0.25) is 5.28 Å². The number of ether oxygens (including phenoxy) is 1. The van der Waals surface area contributed by atoms with Gasteiger partial charge in [-0.2, -0.15) is 10.2 Å². The first-order valence-electron chi connectivity index (χ1n) is 9.15. The lowest BCUT2D eigenvalue weighted by Crippen LogP contribution is -2.22. The Kier molecular flexibility index (Phi) is 5.85. The molecule has 0 spiro atoms. The standard InChI is InChI=1S/C18H26ClN5OSi/c1-26(2,3)8-7-25-12-24-11-14(9-20)15-16(21-10-13-5-4-6-13)22-18(19)23-17(15)24/h11,13H,4-8,10,12H2,1-3H3,(H,21,22,23). The van der Waals surface area contributed by atoms with Crippen LogP contribution in [0.15, 0.2) is 6.20 Å². The number of rotatable bonds is 8. The Balaban J connectivity index is 1.80. The van der Waals surface area contributed by atoms with Crippen molar-refractivity contribution in [2.24, 2.45) is 5.92 Å². The molecule has 26 heavy (non-hydrogen) atoms. The quantitative estimate of drug-likeness (QED) is 0.408. The number of nitrogens with one attached hydrogen (secondary N) is 1. The third kappa shape index (κ3) is 4.56. The molecule has 0 amide bonds.